The third kappa shape index (κ3) is 3.13. The van der Waals surface area contributed by atoms with Crippen LogP contribution >= 0.6 is 27.5 Å². The SMILES string of the molecule is CCOC(=O)c1ncc(C(F)F)c(Cl)c1CBr. The molecule has 94 valence electrons. The maximum Gasteiger partial charge on any atom is 0.357 e. The van der Waals surface area contributed by atoms with Gasteiger partial charge in [-0.15, -0.1) is 0 Å². The molecule has 17 heavy (non-hydrogen) atoms. The fraction of sp³-hybridized carbons (Fsp3) is 0.400. The summed E-state index contributed by atoms with van der Waals surface area (Å²) in [7, 11) is 0. The molecule has 0 aliphatic rings. The van der Waals surface area contributed by atoms with E-state index in [1.807, 2.05) is 0 Å². The summed E-state index contributed by atoms with van der Waals surface area (Å²) in [5.74, 6) is -0.676. The number of carbonyl (C=O) groups is 1. The standard InChI is InChI=1S/C10H9BrClF2NO2/c1-2-17-10(16)8-5(3-11)7(12)6(4-15-8)9(13)14/h4,9H,2-3H2,1H3. The molecule has 0 spiro atoms. The van der Waals surface area contributed by atoms with Crippen LogP contribution in [0.5, 0.6) is 0 Å². The van der Waals surface area contributed by atoms with Crippen molar-refractivity contribution in [1.82, 2.24) is 4.98 Å². The van der Waals surface area contributed by atoms with Gasteiger partial charge in [-0.1, -0.05) is 27.5 Å². The number of ether oxygens (including phenoxy) is 1. The molecule has 0 saturated heterocycles. The van der Waals surface area contributed by atoms with Gasteiger partial charge in [0.25, 0.3) is 6.43 Å². The van der Waals surface area contributed by atoms with Gasteiger partial charge in [-0.3, -0.25) is 0 Å². The predicted octanol–water partition coefficient (Wildman–Crippen LogP) is 3.74. The molecule has 0 aliphatic carbocycles. The van der Waals surface area contributed by atoms with Crippen molar-refractivity contribution in [2.24, 2.45) is 0 Å². The molecule has 0 radical (unpaired) electrons. The maximum absolute atomic E-state index is 12.6. The Morgan fingerprint density at radius 1 is 1.65 bits per heavy atom. The largest absolute Gasteiger partial charge is 0.461 e. The average Bonchev–Trinajstić information content (AvgIpc) is 2.28. The lowest BCUT2D eigenvalue weighted by Crippen LogP contribution is -2.11. The summed E-state index contributed by atoms with van der Waals surface area (Å²) in [6.45, 7) is 1.82. The minimum atomic E-state index is -2.73. The molecule has 7 heteroatoms. The first-order valence-electron chi connectivity index (χ1n) is 4.71. The number of carbonyl (C=O) groups excluding carboxylic acids is 1. The second-order valence-corrected chi connectivity index (χ2v) is 3.95. The monoisotopic (exact) mass is 327 g/mol. The average molecular weight is 329 g/mol. The highest BCUT2D eigenvalue weighted by Gasteiger charge is 2.22. The molecule has 1 heterocycles. The Bertz CT molecular complexity index is 429. The number of pyridine rings is 1. The van der Waals surface area contributed by atoms with Gasteiger partial charge in [0.1, 0.15) is 0 Å². The highest BCUT2D eigenvalue weighted by atomic mass is 79.9. The van der Waals surface area contributed by atoms with E-state index in [0.717, 1.165) is 6.20 Å². The number of halogens is 4. The molecular weight excluding hydrogens is 319 g/mol. The first kappa shape index (κ1) is 14.3. The number of esters is 1. The zero-order chi connectivity index (χ0) is 13.0. The summed E-state index contributed by atoms with van der Waals surface area (Å²) in [6, 6.07) is 0. The van der Waals surface area contributed by atoms with Crippen molar-refractivity contribution in [2.75, 3.05) is 6.61 Å². The smallest absolute Gasteiger partial charge is 0.357 e. The van der Waals surface area contributed by atoms with Crippen molar-refractivity contribution in [2.45, 2.75) is 18.7 Å². The van der Waals surface area contributed by atoms with Gasteiger partial charge < -0.3 is 4.74 Å². The Labute approximate surface area is 110 Å². The van der Waals surface area contributed by atoms with Crippen LogP contribution in [0.3, 0.4) is 0 Å². The van der Waals surface area contributed by atoms with Crippen molar-refractivity contribution in [3.63, 3.8) is 0 Å². The quantitative estimate of drug-likeness (QED) is 0.624. The van der Waals surface area contributed by atoms with Crippen LogP contribution in [-0.2, 0) is 10.1 Å². The van der Waals surface area contributed by atoms with E-state index in [0.29, 0.717) is 0 Å². The highest BCUT2D eigenvalue weighted by molar-refractivity contribution is 9.08. The molecule has 1 aromatic rings. The molecule has 0 aromatic carbocycles. The molecule has 0 amide bonds. The fourth-order valence-corrected chi connectivity index (χ4v) is 2.19. The normalized spacial score (nSPS) is 10.7. The van der Waals surface area contributed by atoms with Crippen LogP contribution in [-0.4, -0.2) is 17.6 Å². The highest BCUT2D eigenvalue weighted by Crippen LogP contribution is 2.32. The van der Waals surface area contributed by atoms with Crippen molar-refractivity contribution in [3.05, 3.63) is 28.0 Å². The lowest BCUT2D eigenvalue weighted by molar-refractivity contribution is 0.0518. The zero-order valence-corrected chi connectivity index (χ0v) is 11.2. The van der Waals surface area contributed by atoms with E-state index in [1.54, 1.807) is 6.92 Å². The van der Waals surface area contributed by atoms with Gasteiger partial charge in [-0.2, -0.15) is 0 Å². The Morgan fingerprint density at radius 2 is 2.29 bits per heavy atom. The van der Waals surface area contributed by atoms with Crippen LogP contribution in [0.25, 0.3) is 0 Å². The van der Waals surface area contributed by atoms with E-state index < -0.39 is 18.0 Å². The molecule has 1 rings (SSSR count). The second kappa shape index (κ2) is 6.26. The van der Waals surface area contributed by atoms with E-state index in [1.165, 1.54) is 0 Å². The molecule has 0 N–H and O–H groups in total. The number of aromatic nitrogens is 1. The summed E-state index contributed by atoms with van der Waals surface area (Å²) in [4.78, 5) is 15.2. The number of nitrogens with zero attached hydrogens (tertiary/aromatic N) is 1. The molecule has 0 atom stereocenters. The zero-order valence-electron chi connectivity index (χ0n) is 8.84. The van der Waals surface area contributed by atoms with Gasteiger partial charge in [0.2, 0.25) is 0 Å². The van der Waals surface area contributed by atoms with Crippen molar-refractivity contribution < 1.29 is 18.3 Å². The Balaban J connectivity index is 3.25. The van der Waals surface area contributed by atoms with E-state index in [2.05, 4.69) is 20.9 Å². The lowest BCUT2D eigenvalue weighted by Gasteiger charge is -2.10. The molecule has 0 aliphatic heterocycles. The topological polar surface area (TPSA) is 39.2 Å². The fourth-order valence-electron chi connectivity index (χ4n) is 1.20. The summed E-state index contributed by atoms with van der Waals surface area (Å²) in [6.07, 6.45) is -1.84. The minimum Gasteiger partial charge on any atom is -0.461 e. The predicted molar refractivity (Wildman–Crippen MR) is 62.8 cm³/mol. The number of hydrogen-bond acceptors (Lipinski definition) is 3. The first-order chi connectivity index (χ1) is 8.02. The Morgan fingerprint density at radius 3 is 2.76 bits per heavy atom. The van der Waals surface area contributed by atoms with Crippen LogP contribution in [0.1, 0.15) is 35.0 Å². The molecule has 0 fully saturated rings. The van der Waals surface area contributed by atoms with Gasteiger partial charge in [-0.25, -0.2) is 18.6 Å². The van der Waals surface area contributed by atoms with Gasteiger partial charge in [0.05, 0.1) is 17.2 Å². The van der Waals surface area contributed by atoms with Crippen molar-refractivity contribution in [1.29, 1.82) is 0 Å². The summed E-state index contributed by atoms with van der Waals surface area (Å²) >= 11 is 8.88. The molecule has 0 unspecified atom stereocenters. The van der Waals surface area contributed by atoms with Crippen molar-refractivity contribution >= 4 is 33.5 Å². The number of alkyl halides is 3. The summed E-state index contributed by atoms with van der Waals surface area (Å²) in [5, 5.41) is -0.0111. The third-order valence-electron chi connectivity index (χ3n) is 1.97. The second-order valence-electron chi connectivity index (χ2n) is 3.01. The maximum atomic E-state index is 12.6. The molecular formula is C10H9BrClF2NO2. The molecule has 0 bridgehead atoms. The van der Waals surface area contributed by atoms with E-state index in [4.69, 9.17) is 16.3 Å². The first-order valence-corrected chi connectivity index (χ1v) is 6.21. The molecule has 3 nitrogen and oxygen atoms in total. The van der Waals surface area contributed by atoms with Crippen LogP contribution in [0.15, 0.2) is 6.20 Å². The third-order valence-corrected chi connectivity index (χ3v) is 2.98. The van der Waals surface area contributed by atoms with E-state index in [9.17, 15) is 13.6 Å². The molecule has 1 aromatic heterocycles. The van der Waals surface area contributed by atoms with Crippen LogP contribution in [0, 0.1) is 0 Å². The number of hydrogen-bond donors (Lipinski definition) is 0. The van der Waals surface area contributed by atoms with Crippen LogP contribution < -0.4 is 0 Å². The minimum absolute atomic E-state index is 0.0434. The van der Waals surface area contributed by atoms with Crippen LogP contribution in [0.4, 0.5) is 8.78 Å². The van der Waals surface area contributed by atoms with Gasteiger partial charge >= 0.3 is 5.97 Å². The van der Waals surface area contributed by atoms with Gasteiger partial charge in [0.15, 0.2) is 5.69 Å². The summed E-state index contributed by atoms with van der Waals surface area (Å²) < 4.78 is 29.9. The van der Waals surface area contributed by atoms with Gasteiger partial charge in [0, 0.05) is 17.1 Å². The van der Waals surface area contributed by atoms with E-state index in [-0.39, 0.29) is 28.2 Å². The Kier molecular flexibility index (Phi) is 5.27. The lowest BCUT2D eigenvalue weighted by atomic mass is 10.1. The van der Waals surface area contributed by atoms with Crippen LogP contribution in [0.2, 0.25) is 5.02 Å². The van der Waals surface area contributed by atoms with Crippen molar-refractivity contribution in [3.8, 4) is 0 Å². The number of rotatable bonds is 4. The summed E-state index contributed by atoms with van der Waals surface area (Å²) in [5.41, 5.74) is -0.227. The van der Waals surface area contributed by atoms with Gasteiger partial charge in [-0.05, 0) is 6.92 Å². The van der Waals surface area contributed by atoms with E-state index >= 15 is 0 Å². The Hall–Kier alpha value is -0.750. The molecule has 0 saturated carbocycles.